The quantitative estimate of drug-likeness (QED) is 0.459. The van der Waals surface area contributed by atoms with Crippen molar-refractivity contribution in [2.45, 2.75) is 44.9 Å². The van der Waals surface area contributed by atoms with E-state index in [9.17, 15) is 9.46 Å². The van der Waals surface area contributed by atoms with Crippen LogP contribution in [0.15, 0.2) is 0 Å². The van der Waals surface area contributed by atoms with Crippen LogP contribution in [0.5, 0.6) is 0 Å². The van der Waals surface area contributed by atoms with E-state index in [0.29, 0.717) is 6.16 Å². The van der Waals surface area contributed by atoms with Crippen molar-refractivity contribution in [3.63, 3.8) is 0 Å². The third-order valence-electron chi connectivity index (χ3n) is 3.07. The Morgan fingerprint density at radius 1 is 1.15 bits per heavy atom. The molecule has 1 atom stereocenters. The van der Waals surface area contributed by atoms with E-state index in [1.54, 1.807) is 0 Å². The Hall–Kier alpha value is 1.28. The van der Waals surface area contributed by atoms with Crippen molar-refractivity contribution in [1.82, 2.24) is 0 Å². The van der Waals surface area contributed by atoms with Crippen LogP contribution in [0.1, 0.15) is 20.8 Å². The van der Waals surface area contributed by atoms with Crippen LogP contribution in [0.3, 0.4) is 0 Å². The summed E-state index contributed by atoms with van der Waals surface area (Å²) in [6, 6.07) is 4.64. The molecule has 0 aromatic rings. The molecule has 0 aromatic carbocycles. The predicted molar refractivity (Wildman–Crippen MR) is 54.5 cm³/mol. The fraction of sp³-hybridized carbons (Fsp3) is 1.00. The molecule has 72 valence electrons. The third-order valence-corrected chi connectivity index (χ3v) is 9.89. The zero-order valence-electron chi connectivity index (χ0n) is 9.30. The van der Waals surface area contributed by atoms with Crippen LogP contribution in [0.25, 0.3) is 0 Å². The van der Waals surface area contributed by atoms with Crippen molar-refractivity contribution < 1.29 is 39.0 Å². The summed E-state index contributed by atoms with van der Waals surface area (Å²) in [6.07, 6.45) is 0.414. The second kappa shape index (κ2) is 8.57. The molecule has 1 unspecified atom stereocenters. The second-order valence-corrected chi connectivity index (χ2v) is 10.1. The average Bonchev–Trinajstić information content (AvgIpc) is 2.08. The number of hydrogen-bond donors (Lipinski definition) is 0. The van der Waals surface area contributed by atoms with Crippen molar-refractivity contribution in [2.75, 3.05) is 6.16 Å². The molecule has 0 radical (unpaired) electrons. The van der Waals surface area contributed by atoms with Crippen LogP contribution < -0.4 is 34.5 Å². The molecule has 0 heterocycles. The molecule has 0 aliphatic carbocycles. The van der Waals surface area contributed by atoms with Gasteiger partial charge in [-0.1, -0.05) is 43.5 Å². The minimum Gasteiger partial charge on any atom is -0.596 e. The van der Waals surface area contributed by atoms with Crippen LogP contribution in [-0.4, -0.2) is 14.2 Å². The number of hydrogen-bond acceptors (Lipinski definition) is 2. The molecule has 0 amide bonds. The molecule has 0 rings (SSSR count). The molecule has 5 heteroatoms. The fourth-order valence-corrected chi connectivity index (χ4v) is 6.80. The second-order valence-electron chi connectivity index (χ2n) is 3.37. The van der Waals surface area contributed by atoms with Gasteiger partial charge in [0.25, 0.3) is 0 Å². The Bertz CT molecular complexity index is 143. The van der Waals surface area contributed by atoms with E-state index in [2.05, 4.69) is 20.8 Å². The van der Waals surface area contributed by atoms with Gasteiger partial charge < -0.3 is 4.89 Å². The summed E-state index contributed by atoms with van der Waals surface area (Å²) in [6.45, 7) is 6.62. The van der Waals surface area contributed by atoms with Crippen molar-refractivity contribution in [3.05, 3.63) is 0 Å². The topological polar surface area (TPSA) is 40.1 Å². The van der Waals surface area contributed by atoms with Crippen LogP contribution in [0.4, 0.5) is 0 Å². The van der Waals surface area contributed by atoms with E-state index in [4.69, 9.17) is 0 Å². The van der Waals surface area contributed by atoms with Gasteiger partial charge in [0.2, 0.25) is 0 Å². The van der Waals surface area contributed by atoms with Crippen LogP contribution in [-0.2, 0) is 4.57 Å². The molecule has 0 bridgehead atoms. The maximum atomic E-state index is 10.5. The molecule has 0 spiro atoms. The summed E-state index contributed by atoms with van der Waals surface area (Å²) in [4.78, 5) is 10.5. The molecule has 0 aliphatic rings. The van der Waals surface area contributed by atoms with Gasteiger partial charge in [0.15, 0.2) is 0 Å². The Labute approximate surface area is 106 Å². The summed E-state index contributed by atoms with van der Waals surface area (Å²) in [5, 5.41) is 0. The van der Waals surface area contributed by atoms with Gasteiger partial charge >= 0.3 is 37.6 Å². The minimum atomic E-state index is -2.15. The fourth-order valence-electron chi connectivity index (χ4n) is 1.61. The van der Waals surface area contributed by atoms with Gasteiger partial charge in [-0.2, -0.15) is 0 Å². The molecule has 0 saturated heterocycles. The molecule has 0 fully saturated rings. The average molecular weight is 229 g/mol. The number of rotatable bonds is 6. The molecule has 13 heavy (non-hydrogen) atoms. The maximum absolute atomic E-state index is 10.5. The molecule has 0 N–H and O–H groups in total. The Morgan fingerprint density at radius 3 is 1.77 bits per heavy atom. The first-order chi connectivity index (χ1) is 5.60. The first-order valence-electron chi connectivity index (χ1n) is 4.72. The van der Waals surface area contributed by atoms with Gasteiger partial charge in [0.1, 0.15) is 6.16 Å². The third kappa shape index (κ3) is 6.37. The van der Waals surface area contributed by atoms with Crippen molar-refractivity contribution in [2.24, 2.45) is 0 Å². The molecular weight excluding hydrogens is 210 g/mol. The standard InChI is InChI=1S/C8H19O2PSi.Na/c1-4-12(5-2,6-3)8-7-11(9)10;/h4-8H2,1-3H3;/q;+1. The van der Waals surface area contributed by atoms with Gasteiger partial charge in [-0.25, -0.2) is 0 Å². The summed E-state index contributed by atoms with van der Waals surface area (Å²) in [5.74, 6) is 0. The van der Waals surface area contributed by atoms with Gasteiger partial charge in [0.05, 0.1) is 8.07 Å². The predicted octanol–water partition coefficient (Wildman–Crippen LogP) is -0.398. The summed E-state index contributed by atoms with van der Waals surface area (Å²) < 4.78 is 10.5. The van der Waals surface area contributed by atoms with E-state index in [1.807, 2.05) is 0 Å². The SMILES string of the molecule is CC[Si](CC)(CC)CC[P+](=O)[O-].[Na+]. The van der Waals surface area contributed by atoms with Crippen LogP contribution >= 0.6 is 8.03 Å². The van der Waals surface area contributed by atoms with E-state index in [0.717, 1.165) is 6.04 Å². The molecule has 0 aliphatic heterocycles. The zero-order chi connectivity index (χ0) is 9.61. The zero-order valence-corrected chi connectivity index (χ0v) is 13.2. The smallest absolute Gasteiger partial charge is 0.596 e. The first kappa shape index (κ1) is 16.7. The Morgan fingerprint density at radius 2 is 1.54 bits per heavy atom. The van der Waals surface area contributed by atoms with Gasteiger partial charge in [-0.3, -0.25) is 0 Å². The van der Waals surface area contributed by atoms with E-state index in [-0.39, 0.29) is 29.6 Å². The first-order valence-corrected chi connectivity index (χ1v) is 8.91. The minimum absolute atomic E-state index is 0. The Balaban J connectivity index is 0. The largest absolute Gasteiger partial charge is 1.00 e. The Kier molecular flexibility index (Phi) is 11.0. The molecule has 2 nitrogen and oxygen atoms in total. The van der Waals surface area contributed by atoms with E-state index in [1.165, 1.54) is 18.1 Å². The summed E-state index contributed by atoms with van der Waals surface area (Å²) >= 11 is 0. The van der Waals surface area contributed by atoms with Crippen molar-refractivity contribution >= 4 is 16.1 Å². The van der Waals surface area contributed by atoms with Crippen molar-refractivity contribution in [1.29, 1.82) is 0 Å². The monoisotopic (exact) mass is 229 g/mol. The van der Waals surface area contributed by atoms with Gasteiger partial charge in [-0.15, -0.1) is 0 Å². The summed E-state index contributed by atoms with van der Waals surface area (Å²) in [5.41, 5.74) is 0. The van der Waals surface area contributed by atoms with Gasteiger partial charge in [0, 0.05) is 0 Å². The van der Waals surface area contributed by atoms with Crippen molar-refractivity contribution in [3.8, 4) is 0 Å². The normalized spacial score (nSPS) is 12.2. The van der Waals surface area contributed by atoms with Gasteiger partial charge in [-0.05, 0) is 6.04 Å². The van der Waals surface area contributed by atoms with E-state index >= 15 is 0 Å². The summed E-state index contributed by atoms with van der Waals surface area (Å²) in [7, 11) is -3.31. The van der Waals surface area contributed by atoms with E-state index < -0.39 is 16.1 Å². The molecule has 0 aromatic heterocycles. The van der Waals surface area contributed by atoms with Crippen LogP contribution in [0, 0.1) is 0 Å². The molecule has 0 saturated carbocycles. The van der Waals surface area contributed by atoms with Crippen LogP contribution in [0.2, 0.25) is 24.2 Å². The maximum Gasteiger partial charge on any atom is 1.00 e. The molecular formula is C8H19NaO2PSi+.